The average molecular weight is 1610 g/mol. The Balaban J connectivity index is 0.000000112. The zero-order chi connectivity index (χ0) is 81.6. The van der Waals surface area contributed by atoms with Gasteiger partial charge in [-0.05, 0) is 200 Å². The molecule has 0 saturated carbocycles. The molecule has 0 aliphatic heterocycles. The zero-order valence-corrected chi connectivity index (χ0v) is 69.2. The van der Waals surface area contributed by atoms with Crippen molar-refractivity contribution in [3.05, 3.63) is 436 Å². The lowest BCUT2D eigenvalue weighted by molar-refractivity contribution is 0.662. The monoisotopic (exact) mass is 1610 g/mol. The Morgan fingerprint density at radius 2 is 0.772 bits per heavy atom. The third-order valence-corrected chi connectivity index (χ3v) is 27.1. The van der Waals surface area contributed by atoms with Crippen molar-refractivity contribution in [1.82, 2.24) is 9.13 Å². The number of anilines is 6. The van der Waals surface area contributed by atoms with E-state index >= 15 is 0 Å². The summed E-state index contributed by atoms with van der Waals surface area (Å²) in [5.74, 6) is 0. The van der Waals surface area contributed by atoms with Crippen molar-refractivity contribution in [3.8, 4) is 67.0 Å². The molecule has 0 unspecified atom stereocenters. The van der Waals surface area contributed by atoms with Crippen molar-refractivity contribution in [2.24, 2.45) is 0 Å². The standard InChI is InChI=1S/C51H36N2O.C36H24N2S.C28H19NS/c1-51(2)45-23-9-6-18-38(45)41-22-13-21-37(49(41)51)32-14-12-15-34(28-32)52-35-30-42(50-44(31-35)40-20-8-11-25-48(40)54-50)33-26-27-47-43(29-33)39-19-7-10-24-46(39)53(47)36-16-4-3-5-17-36;1-3-11-24(12-4-1)35-30(20-22-34-36(35)28-16-8-10-18-33(28)39-34)37-25-19-21-32-29(23-25)27-15-7-9-17-31(27)38(32)26-13-5-2-6-14-26;1-2-11-20(12-3-1)29-25-18-17-23(22-15-8-10-19-9-4-5-13-21(19)22)28-27(25)24-14-6-7-16-26(24)30-28/h3-31,52H,1-2H3;1-23,37H;1-18,29H. The van der Waals surface area contributed by atoms with Crippen LogP contribution in [0.2, 0.25) is 0 Å². The first-order chi connectivity index (χ1) is 60.8. The summed E-state index contributed by atoms with van der Waals surface area (Å²) >= 11 is 3.74. The molecular formula is C115H79N5OS2. The molecule has 0 bridgehead atoms. The summed E-state index contributed by atoms with van der Waals surface area (Å²) in [4.78, 5) is 0. The van der Waals surface area contributed by atoms with Gasteiger partial charge in [0.2, 0.25) is 0 Å². The van der Waals surface area contributed by atoms with Gasteiger partial charge in [-0.15, -0.1) is 22.7 Å². The summed E-state index contributed by atoms with van der Waals surface area (Å²) in [7, 11) is 0. The number of furan rings is 1. The molecule has 24 aromatic rings. The molecule has 5 heterocycles. The van der Waals surface area contributed by atoms with Crippen LogP contribution in [0.25, 0.3) is 184 Å². The first kappa shape index (κ1) is 72.9. The van der Waals surface area contributed by atoms with Crippen LogP contribution in [0.3, 0.4) is 0 Å². The van der Waals surface area contributed by atoms with E-state index in [2.05, 4.69) is 451 Å². The summed E-state index contributed by atoms with van der Waals surface area (Å²) in [5.41, 5.74) is 30.4. The van der Waals surface area contributed by atoms with Crippen molar-refractivity contribution < 1.29 is 4.42 Å². The molecule has 8 heteroatoms. The first-order valence-corrected chi connectivity index (χ1v) is 43.6. The summed E-state index contributed by atoms with van der Waals surface area (Å²) in [6.45, 7) is 4.71. The molecular weight excluding hydrogens is 1530 g/mol. The van der Waals surface area contributed by atoms with E-state index in [-0.39, 0.29) is 5.41 Å². The zero-order valence-electron chi connectivity index (χ0n) is 67.5. The van der Waals surface area contributed by atoms with Gasteiger partial charge in [0.15, 0.2) is 0 Å². The Morgan fingerprint density at radius 3 is 1.52 bits per heavy atom. The second-order valence-electron chi connectivity index (χ2n) is 32.4. The van der Waals surface area contributed by atoms with Gasteiger partial charge in [-0.2, -0.15) is 0 Å². The van der Waals surface area contributed by atoms with Crippen LogP contribution in [0.4, 0.5) is 34.1 Å². The Kier molecular flexibility index (Phi) is 17.9. The number of hydrogen-bond donors (Lipinski definition) is 3. The minimum absolute atomic E-state index is 0.0945. The molecule has 25 rings (SSSR count). The van der Waals surface area contributed by atoms with Crippen molar-refractivity contribution in [2.75, 3.05) is 16.0 Å². The van der Waals surface area contributed by atoms with Crippen LogP contribution in [-0.2, 0) is 5.41 Å². The molecule has 3 N–H and O–H groups in total. The minimum Gasteiger partial charge on any atom is -0.455 e. The van der Waals surface area contributed by atoms with Crippen molar-refractivity contribution in [1.29, 1.82) is 0 Å². The van der Waals surface area contributed by atoms with Crippen LogP contribution in [0.5, 0.6) is 0 Å². The summed E-state index contributed by atoms with van der Waals surface area (Å²) in [5, 5.41) is 26.2. The van der Waals surface area contributed by atoms with Crippen molar-refractivity contribution in [3.63, 3.8) is 0 Å². The number of nitrogens with zero attached hydrogens (tertiary/aromatic N) is 2. The van der Waals surface area contributed by atoms with Gasteiger partial charge in [0.1, 0.15) is 11.2 Å². The molecule has 123 heavy (non-hydrogen) atoms. The van der Waals surface area contributed by atoms with Gasteiger partial charge in [0.25, 0.3) is 0 Å². The fraction of sp³-hybridized carbons (Fsp3) is 0.0261. The maximum Gasteiger partial charge on any atom is 0.143 e. The predicted octanol–water partition coefficient (Wildman–Crippen LogP) is 33.2. The Bertz CT molecular complexity index is 8250. The van der Waals surface area contributed by atoms with E-state index in [4.69, 9.17) is 4.42 Å². The van der Waals surface area contributed by atoms with Crippen LogP contribution in [0, 0.1) is 0 Å². The quantitative estimate of drug-likeness (QED) is 0.114. The van der Waals surface area contributed by atoms with Gasteiger partial charge in [0.05, 0.1) is 22.1 Å². The van der Waals surface area contributed by atoms with Crippen molar-refractivity contribution in [2.45, 2.75) is 19.3 Å². The highest BCUT2D eigenvalue weighted by atomic mass is 32.1. The van der Waals surface area contributed by atoms with E-state index in [1.165, 1.54) is 156 Å². The lowest BCUT2D eigenvalue weighted by atomic mass is 9.79. The number of nitrogens with one attached hydrogen (secondary N) is 3. The largest absolute Gasteiger partial charge is 0.455 e. The lowest BCUT2D eigenvalue weighted by Crippen LogP contribution is -2.16. The van der Waals surface area contributed by atoms with E-state index in [0.717, 1.165) is 72.9 Å². The van der Waals surface area contributed by atoms with Gasteiger partial charge in [-0.3, -0.25) is 0 Å². The lowest BCUT2D eigenvalue weighted by Gasteiger charge is -2.24. The number of para-hydroxylation sites is 6. The maximum atomic E-state index is 6.65. The minimum atomic E-state index is -0.0945. The molecule has 0 fully saturated rings. The fourth-order valence-electron chi connectivity index (χ4n) is 19.3. The Hall–Kier alpha value is -15.3. The van der Waals surface area contributed by atoms with E-state index in [1.54, 1.807) is 0 Å². The van der Waals surface area contributed by atoms with Gasteiger partial charge < -0.3 is 29.5 Å². The fourth-order valence-corrected chi connectivity index (χ4v) is 21.7. The van der Waals surface area contributed by atoms with Crippen LogP contribution >= 0.6 is 22.7 Å². The first-order valence-electron chi connectivity index (χ1n) is 42.0. The molecule has 0 amide bonds. The second-order valence-corrected chi connectivity index (χ2v) is 34.5. The van der Waals surface area contributed by atoms with Crippen LogP contribution in [0.1, 0.15) is 25.0 Å². The van der Waals surface area contributed by atoms with E-state index in [0.29, 0.717) is 0 Å². The summed E-state index contributed by atoms with van der Waals surface area (Å²) in [6, 6.07) is 152. The number of benzene rings is 19. The third-order valence-electron chi connectivity index (χ3n) is 24.7. The number of hydrogen-bond acceptors (Lipinski definition) is 6. The van der Waals surface area contributed by atoms with Gasteiger partial charge in [-0.1, -0.05) is 299 Å². The SMILES string of the molecule is CC1(C)c2ccccc2-c2cccc(-c3cccc(Nc4cc(-c5ccc6c(c5)c5ccccc5n6-c5ccccc5)c5oc6ccccc6c5c4)c3)c21.c1ccc(-c2c(Nc3ccc4c(c3)c3ccccc3n4-c3ccccc3)ccc3sc4ccccc4c23)cc1.c1ccc(Nc2ccc(-c3cccc4ccccc34)c3sc4ccccc4c23)cc1. The summed E-state index contributed by atoms with van der Waals surface area (Å²) in [6.07, 6.45) is 0. The van der Waals surface area contributed by atoms with Gasteiger partial charge in [0, 0.05) is 140 Å². The molecule has 19 aromatic carbocycles. The molecule has 1 aliphatic carbocycles. The number of fused-ring (bicyclic) bond motifs is 19. The van der Waals surface area contributed by atoms with Crippen molar-refractivity contribution >= 4 is 173 Å². The average Bonchev–Trinajstić information content (AvgIpc) is 1.58. The molecule has 5 aromatic heterocycles. The van der Waals surface area contributed by atoms with Crippen LogP contribution in [0.15, 0.2) is 429 Å². The number of rotatable bonds is 12. The smallest absolute Gasteiger partial charge is 0.143 e. The topological polar surface area (TPSA) is 59.1 Å². The predicted molar refractivity (Wildman–Crippen MR) is 527 cm³/mol. The van der Waals surface area contributed by atoms with Crippen LogP contribution in [-0.4, -0.2) is 9.13 Å². The molecule has 1 aliphatic rings. The molecule has 0 saturated heterocycles. The second kappa shape index (κ2) is 30.2. The number of thiophene rings is 2. The third kappa shape index (κ3) is 12.7. The van der Waals surface area contributed by atoms with Gasteiger partial charge in [-0.25, -0.2) is 0 Å². The normalized spacial score (nSPS) is 12.2. The molecule has 0 radical (unpaired) electrons. The Morgan fingerprint density at radius 1 is 0.268 bits per heavy atom. The highest BCUT2D eigenvalue weighted by Gasteiger charge is 2.37. The van der Waals surface area contributed by atoms with Crippen LogP contribution < -0.4 is 16.0 Å². The number of aromatic nitrogens is 2. The molecule has 0 spiro atoms. The van der Waals surface area contributed by atoms with E-state index in [1.807, 2.05) is 34.8 Å². The van der Waals surface area contributed by atoms with Gasteiger partial charge >= 0.3 is 0 Å². The highest BCUT2D eigenvalue weighted by molar-refractivity contribution is 7.26. The molecule has 0 atom stereocenters. The Labute approximate surface area is 719 Å². The van der Waals surface area contributed by atoms with E-state index < -0.39 is 0 Å². The summed E-state index contributed by atoms with van der Waals surface area (Å²) < 4.78 is 16.6. The molecule has 582 valence electrons. The van der Waals surface area contributed by atoms with E-state index in [9.17, 15) is 0 Å². The highest BCUT2D eigenvalue weighted by Crippen LogP contribution is 2.54. The maximum absolute atomic E-state index is 6.65. The molecule has 6 nitrogen and oxygen atoms in total.